The zero-order chi connectivity index (χ0) is 13.2. The molecule has 1 aromatic carbocycles. The van der Waals surface area contributed by atoms with Crippen LogP contribution in [0.3, 0.4) is 0 Å². The van der Waals surface area contributed by atoms with Gasteiger partial charge >= 0.3 is 0 Å². The van der Waals surface area contributed by atoms with E-state index in [1.165, 1.54) is 17.4 Å². The molecule has 6 heteroatoms. The molecule has 1 aromatic heterocycles. The zero-order valence-electron chi connectivity index (χ0n) is 9.75. The van der Waals surface area contributed by atoms with E-state index < -0.39 is 10.0 Å². The fourth-order valence-electron chi connectivity index (χ4n) is 1.59. The van der Waals surface area contributed by atoms with Crippen LogP contribution in [0, 0.1) is 6.92 Å². The summed E-state index contributed by atoms with van der Waals surface area (Å²) >= 11 is 1.28. The molecular formula is C12H13NO3S2. The number of benzene rings is 1. The van der Waals surface area contributed by atoms with Gasteiger partial charge < -0.3 is 5.11 Å². The molecule has 96 valence electrons. The molecule has 0 bridgehead atoms. The van der Waals surface area contributed by atoms with Crippen LogP contribution in [0.2, 0.25) is 0 Å². The predicted octanol–water partition coefficient (Wildman–Crippen LogP) is 2.35. The molecule has 0 atom stereocenters. The van der Waals surface area contributed by atoms with Gasteiger partial charge in [0.2, 0.25) is 0 Å². The Labute approximate surface area is 110 Å². The Morgan fingerprint density at radius 1 is 1.28 bits per heavy atom. The molecule has 0 aliphatic carbocycles. The largest absolute Gasteiger partial charge is 0.391 e. The molecule has 0 radical (unpaired) electrons. The lowest BCUT2D eigenvalue weighted by Crippen LogP contribution is -2.12. The highest BCUT2D eigenvalue weighted by molar-refractivity contribution is 7.93. The average molecular weight is 283 g/mol. The van der Waals surface area contributed by atoms with E-state index in [4.69, 9.17) is 5.11 Å². The van der Waals surface area contributed by atoms with Gasteiger partial charge in [-0.2, -0.15) is 0 Å². The minimum absolute atomic E-state index is 0.146. The molecule has 1 heterocycles. The van der Waals surface area contributed by atoms with E-state index in [1.54, 1.807) is 31.2 Å². The van der Waals surface area contributed by atoms with Gasteiger partial charge in [0.15, 0.2) is 0 Å². The van der Waals surface area contributed by atoms with E-state index in [1.807, 2.05) is 6.07 Å². The summed E-state index contributed by atoms with van der Waals surface area (Å²) in [5.74, 6) is 0. The van der Waals surface area contributed by atoms with Crippen molar-refractivity contribution in [3.8, 4) is 0 Å². The number of aryl methyl sites for hydroxylation is 1. The molecule has 0 saturated carbocycles. The van der Waals surface area contributed by atoms with Crippen molar-refractivity contribution < 1.29 is 13.5 Å². The quantitative estimate of drug-likeness (QED) is 0.905. The lowest BCUT2D eigenvalue weighted by molar-refractivity contribution is 0.285. The van der Waals surface area contributed by atoms with Crippen LogP contribution in [0.1, 0.15) is 9.75 Å². The van der Waals surface area contributed by atoms with E-state index >= 15 is 0 Å². The van der Waals surface area contributed by atoms with Gasteiger partial charge in [-0.05, 0) is 25.1 Å². The maximum absolute atomic E-state index is 12.2. The molecule has 0 amide bonds. The highest BCUT2D eigenvalue weighted by Crippen LogP contribution is 2.27. The standard InChI is InChI=1S/C12H13NO3S2/c1-9-12(7-11(8-14)17-9)18(15,16)13-10-5-3-2-4-6-10/h2-7,13-14H,8H2,1H3. The smallest absolute Gasteiger partial charge is 0.263 e. The Balaban J connectivity index is 2.34. The first-order chi connectivity index (χ1) is 8.53. The van der Waals surface area contributed by atoms with Crippen LogP contribution >= 0.6 is 11.3 Å². The van der Waals surface area contributed by atoms with Crippen molar-refractivity contribution in [3.05, 3.63) is 46.2 Å². The van der Waals surface area contributed by atoms with Gasteiger partial charge in [-0.3, -0.25) is 4.72 Å². The predicted molar refractivity (Wildman–Crippen MR) is 72.2 cm³/mol. The van der Waals surface area contributed by atoms with Crippen LogP contribution in [-0.4, -0.2) is 13.5 Å². The molecule has 18 heavy (non-hydrogen) atoms. The minimum atomic E-state index is -3.58. The summed E-state index contributed by atoms with van der Waals surface area (Å²) in [6, 6.07) is 10.2. The topological polar surface area (TPSA) is 66.4 Å². The first kappa shape index (κ1) is 13.1. The van der Waals surface area contributed by atoms with Crippen LogP contribution < -0.4 is 4.72 Å². The second kappa shape index (κ2) is 5.09. The Bertz CT molecular complexity index is 633. The summed E-state index contributed by atoms with van der Waals surface area (Å²) in [7, 11) is -3.58. The fourth-order valence-corrected chi connectivity index (χ4v) is 4.14. The molecule has 2 rings (SSSR count). The van der Waals surface area contributed by atoms with Crippen LogP contribution in [-0.2, 0) is 16.6 Å². The highest BCUT2D eigenvalue weighted by atomic mass is 32.2. The van der Waals surface area contributed by atoms with Crippen molar-refractivity contribution in [1.29, 1.82) is 0 Å². The summed E-state index contributed by atoms with van der Waals surface area (Å²) in [4.78, 5) is 1.53. The maximum atomic E-state index is 12.2. The SMILES string of the molecule is Cc1sc(CO)cc1S(=O)(=O)Nc1ccccc1. The molecule has 2 aromatic rings. The molecule has 0 saturated heterocycles. The van der Waals surface area contributed by atoms with Crippen molar-refractivity contribution in [2.24, 2.45) is 0 Å². The molecule has 0 fully saturated rings. The monoisotopic (exact) mass is 283 g/mol. The summed E-state index contributed by atoms with van der Waals surface area (Å²) < 4.78 is 26.8. The van der Waals surface area contributed by atoms with Crippen molar-refractivity contribution in [2.75, 3.05) is 4.72 Å². The van der Waals surface area contributed by atoms with Crippen LogP contribution in [0.15, 0.2) is 41.3 Å². The number of aliphatic hydroxyl groups excluding tert-OH is 1. The van der Waals surface area contributed by atoms with Crippen molar-refractivity contribution in [2.45, 2.75) is 18.4 Å². The normalized spacial score (nSPS) is 11.4. The second-order valence-corrected chi connectivity index (χ2v) is 6.75. The molecule has 0 unspecified atom stereocenters. The number of para-hydroxylation sites is 1. The van der Waals surface area contributed by atoms with E-state index in [0.29, 0.717) is 15.4 Å². The number of hydrogen-bond donors (Lipinski definition) is 2. The first-order valence-corrected chi connectivity index (χ1v) is 7.61. The number of sulfonamides is 1. The summed E-state index contributed by atoms with van der Waals surface area (Å²) in [6.45, 7) is 1.58. The average Bonchev–Trinajstić information content (AvgIpc) is 2.72. The van der Waals surface area contributed by atoms with Gasteiger partial charge in [-0.25, -0.2) is 8.42 Å². The maximum Gasteiger partial charge on any atom is 0.263 e. The third kappa shape index (κ3) is 2.72. The van der Waals surface area contributed by atoms with E-state index in [9.17, 15) is 8.42 Å². The molecular weight excluding hydrogens is 270 g/mol. The number of anilines is 1. The zero-order valence-corrected chi connectivity index (χ0v) is 11.4. The van der Waals surface area contributed by atoms with E-state index in [2.05, 4.69) is 4.72 Å². The van der Waals surface area contributed by atoms with E-state index in [-0.39, 0.29) is 11.5 Å². The lowest BCUT2D eigenvalue weighted by Gasteiger charge is -2.06. The van der Waals surface area contributed by atoms with Crippen molar-refractivity contribution >= 4 is 27.0 Å². The third-order valence-electron chi connectivity index (χ3n) is 2.39. The Morgan fingerprint density at radius 3 is 2.50 bits per heavy atom. The number of hydrogen-bond acceptors (Lipinski definition) is 4. The Hall–Kier alpha value is -1.37. The number of aliphatic hydroxyl groups is 1. The van der Waals surface area contributed by atoms with Gasteiger partial charge in [0, 0.05) is 15.4 Å². The van der Waals surface area contributed by atoms with Gasteiger partial charge in [0.25, 0.3) is 10.0 Å². The summed E-state index contributed by atoms with van der Waals surface area (Å²) in [5.41, 5.74) is 0.522. The number of rotatable bonds is 4. The van der Waals surface area contributed by atoms with Gasteiger partial charge in [0.1, 0.15) is 4.90 Å². The van der Waals surface area contributed by atoms with Crippen LogP contribution in [0.4, 0.5) is 5.69 Å². The Morgan fingerprint density at radius 2 is 1.94 bits per heavy atom. The molecule has 4 nitrogen and oxygen atoms in total. The highest BCUT2D eigenvalue weighted by Gasteiger charge is 2.19. The number of nitrogens with one attached hydrogen (secondary N) is 1. The molecule has 2 N–H and O–H groups in total. The van der Waals surface area contributed by atoms with Crippen LogP contribution in [0.5, 0.6) is 0 Å². The minimum Gasteiger partial charge on any atom is -0.391 e. The second-order valence-electron chi connectivity index (χ2n) is 3.76. The third-order valence-corrected chi connectivity index (χ3v) is 5.07. The summed E-state index contributed by atoms with van der Waals surface area (Å²) in [5, 5.41) is 9.03. The number of thiophene rings is 1. The van der Waals surface area contributed by atoms with Gasteiger partial charge in [-0.15, -0.1) is 11.3 Å². The summed E-state index contributed by atoms with van der Waals surface area (Å²) in [6.07, 6.45) is 0. The van der Waals surface area contributed by atoms with E-state index in [0.717, 1.165) is 0 Å². The lowest BCUT2D eigenvalue weighted by atomic mass is 10.3. The van der Waals surface area contributed by atoms with Crippen LogP contribution in [0.25, 0.3) is 0 Å². The molecule has 0 aliphatic rings. The van der Waals surface area contributed by atoms with Crippen molar-refractivity contribution in [3.63, 3.8) is 0 Å². The van der Waals surface area contributed by atoms with Gasteiger partial charge in [-0.1, -0.05) is 18.2 Å². The fraction of sp³-hybridized carbons (Fsp3) is 0.167. The Kier molecular flexibility index (Phi) is 3.70. The first-order valence-electron chi connectivity index (χ1n) is 5.31. The van der Waals surface area contributed by atoms with Gasteiger partial charge in [0.05, 0.1) is 6.61 Å². The molecule has 0 spiro atoms. The molecule has 0 aliphatic heterocycles. The van der Waals surface area contributed by atoms with Crippen molar-refractivity contribution in [1.82, 2.24) is 0 Å².